The van der Waals surface area contributed by atoms with E-state index in [0.29, 0.717) is 5.54 Å². The summed E-state index contributed by atoms with van der Waals surface area (Å²) in [5, 5.41) is 0. The molecule has 126 valence electrons. The summed E-state index contributed by atoms with van der Waals surface area (Å²) in [6.45, 7) is 11.1. The molecule has 1 aliphatic carbocycles. The van der Waals surface area contributed by atoms with Crippen molar-refractivity contribution in [2.45, 2.75) is 76.9 Å². The van der Waals surface area contributed by atoms with Gasteiger partial charge in [0.2, 0.25) is 0 Å². The van der Waals surface area contributed by atoms with E-state index in [9.17, 15) is 9.59 Å². The second kappa shape index (κ2) is 7.49. The van der Waals surface area contributed by atoms with Gasteiger partial charge in [-0.25, -0.2) is 0 Å². The van der Waals surface area contributed by atoms with E-state index in [2.05, 4.69) is 6.55 Å². The second-order valence-corrected chi connectivity index (χ2v) is 19.6. The van der Waals surface area contributed by atoms with E-state index in [0.717, 1.165) is 12.8 Å². The van der Waals surface area contributed by atoms with Crippen molar-refractivity contribution in [2.75, 3.05) is 0 Å². The molecule has 0 saturated heterocycles. The van der Waals surface area contributed by atoms with Crippen LogP contribution in [0.1, 0.15) is 32.1 Å². The van der Waals surface area contributed by atoms with Crippen molar-refractivity contribution < 1.29 is 21.9 Å². The van der Waals surface area contributed by atoms with Crippen LogP contribution in [0.25, 0.3) is 0 Å². The van der Waals surface area contributed by atoms with Crippen LogP contribution in [0.5, 0.6) is 0 Å². The van der Waals surface area contributed by atoms with Gasteiger partial charge in [0.1, 0.15) is 0 Å². The minimum absolute atomic E-state index is 0.423. The first kappa shape index (κ1) is 19.7. The molecular formula is C12H32O5Si4. The van der Waals surface area contributed by atoms with Gasteiger partial charge in [-0.3, -0.25) is 0 Å². The zero-order valence-electron chi connectivity index (χ0n) is 14.3. The highest BCUT2D eigenvalue weighted by Crippen LogP contribution is 2.39. The van der Waals surface area contributed by atoms with Crippen LogP contribution in [0.3, 0.4) is 0 Å². The molecule has 0 aromatic heterocycles. The largest absolute Gasteiger partial charge is 0.418 e. The third-order valence-electron chi connectivity index (χ3n) is 3.65. The molecule has 0 heterocycles. The van der Waals surface area contributed by atoms with Crippen molar-refractivity contribution >= 4 is 35.0 Å². The predicted octanol–water partition coefficient (Wildman–Crippen LogP) is 2.68. The van der Waals surface area contributed by atoms with Crippen LogP contribution < -0.4 is 0 Å². The summed E-state index contributed by atoms with van der Waals surface area (Å²) in [6, 6.07) is 0. The van der Waals surface area contributed by atoms with E-state index in [1.807, 2.05) is 6.55 Å². The van der Waals surface area contributed by atoms with Gasteiger partial charge in [-0.15, -0.1) is 0 Å². The normalized spacial score (nSPS) is 22.9. The molecule has 9 heteroatoms. The molecule has 0 spiro atoms. The fraction of sp³-hybridized carbons (Fsp3) is 1.00. The molecule has 0 aromatic carbocycles. The average Bonchev–Trinajstić information content (AvgIpc) is 2.24. The Morgan fingerprint density at radius 2 is 1.38 bits per heavy atom. The first-order chi connectivity index (χ1) is 9.41. The molecular weight excluding hydrogens is 336 g/mol. The summed E-state index contributed by atoms with van der Waals surface area (Å²) in [7, 11) is -9.67. The van der Waals surface area contributed by atoms with Gasteiger partial charge < -0.3 is 21.9 Å². The highest BCUT2D eigenvalue weighted by Gasteiger charge is 2.47. The van der Waals surface area contributed by atoms with Crippen LogP contribution in [0.4, 0.5) is 0 Å². The zero-order valence-corrected chi connectivity index (χ0v) is 18.5. The molecule has 0 aliphatic heterocycles. The molecule has 2 unspecified atom stereocenters. The lowest BCUT2D eigenvalue weighted by atomic mass is 10.0. The van der Waals surface area contributed by atoms with Gasteiger partial charge in [0.05, 0.1) is 0 Å². The number of hydrogen-bond donors (Lipinski definition) is 2. The van der Waals surface area contributed by atoms with Crippen molar-refractivity contribution in [2.24, 2.45) is 0 Å². The molecule has 5 nitrogen and oxygen atoms in total. The summed E-state index contributed by atoms with van der Waals surface area (Å²) < 4.78 is 18.2. The van der Waals surface area contributed by atoms with Gasteiger partial charge in [0.25, 0.3) is 0 Å². The fourth-order valence-corrected chi connectivity index (χ4v) is 17.1. The zero-order chi connectivity index (χ0) is 16.3. The monoisotopic (exact) mass is 368 g/mol. The van der Waals surface area contributed by atoms with Crippen molar-refractivity contribution in [1.29, 1.82) is 0 Å². The Kier molecular flexibility index (Phi) is 7.03. The SMILES string of the molecule is C[SiH](O[Si](C)(C)O)O[Si](C)(O[Si](C)(C)O)C1CCCCC1. The van der Waals surface area contributed by atoms with Crippen LogP contribution in [0.2, 0.25) is 44.8 Å². The molecule has 2 atom stereocenters. The summed E-state index contributed by atoms with van der Waals surface area (Å²) in [4.78, 5) is 20.2. The van der Waals surface area contributed by atoms with E-state index >= 15 is 0 Å². The Labute approximate surface area is 134 Å². The Bertz CT molecular complexity index is 325. The maximum absolute atomic E-state index is 10.2. The van der Waals surface area contributed by atoms with Crippen LogP contribution in [0, 0.1) is 0 Å². The first-order valence-electron chi connectivity index (χ1n) is 7.92. The summed E-state index contributed by atoms with van der Waals surface area (Å²) in [6.07, 6.45) is 5.94. The predicted molar refractivity (Wildman–Crippen MR) is 94.1 cm³/mol. The molecule has 0 amide bonds. The van der Waals surface area contributed by atoms with E-state index in [-0.39, 0.29) is 0 Å². The van der Waals surface area contributed by atoms with Gasteiger partial charge in [0.15, 0.2) is 0 Å². The maximum Gasteiger partial charge on any atom is 0.320 e. The fourth-order valence-electron chi connectivity index (χ4n) is 3.09. The quantitative estimate of drug-likeness (QED) is 0.676. The lowest BCUT2D eigenvalue weighted by Gasteiger charge is -2.42. The van der Waals surface area contributed by atoms with Crippen LogP contribution in [0.15, 0.2) is 0 Å². The Morgan fingerprint density at radius 1 is 0.857 bits per heavy atom. The van der Waals surface area contributed by atoms with Gasteiger partial charge in [-0.2, -0.15) is 0 Å². The summed E-state index contributed by atoms with van der Waals surface area (Å²) in [5.74, 6) is 0. The van der Waals surface area contributed by atoms with Gasteiger partial charge in [0, 0.05) is 5.54 Å². The van der Waals surface area contributed by atoms with E-state index in [1.165, 1.54) is 19.3 Å². The van der Waals surface area contributed by atoms with E-state index in [4.69, 9.17) is 12.3 Å². The maximum atomic E-state index is 10.2. The summed E-state index contributed by atoms with van der Waals surface area (Å²) >= 11 is 0. The lowest BCUT2D eigenvalue weighted by Crippen LogP contribution is -2.56. The minimum atomic E-state index is -2.65. The van der Waals surface area contributed by atoms with Crippen molar-refractivity contribution in [1.82, 2.24) is 0 Å². The van der Waals surface area contributed by atoms with Crippen LogP contribution >= 0.6 is 0 Å². The summed E-state index contributed by atoms with van der Waals surface area (Å²) in [5.41, 5.74) is 0.423. The molecule has 1 rings (SSSR count). The number of hydrogen-bond acceptors (Lipinski definition) is 5. The van der Waals surface area contributed by atoms with Gasteiger partial charge >= 0.3 is 35.0 Å². The van der Waals surface area contributed by atoms with Crippen LogP contribution in [-0.2, 0) is 12.3 Å². The molecule has 1 fully saturated rings. The highest BCUT2D eigenvalue weighted by atomic mass is 28.5. The van der Waals surface area contributed by atoms with Gasteiger partial charge in [-0.1, -0.05) is 19.3 Å². The molecule has 0 radical (unpaired) electrons. The Balaban J connectivity index is 2.80. The van der Waals surface area contributed by atoms with Crippen molar-refractivity contribution in [3.8, 4) is 0 Å². The Hall–Kier alpha value is 0.668. The lowest BCUT2D eigenvalue weighted by molar-refractivity contribution is 0.266. The van der Waals surface area contributed by atoms with Crippen molar-refractivity contribution in [3.63, 3.8) is 0 Å². The van der Waals surface area contributed by atoms with E-state index < -0.39 is 35.0 Å². The molecule has 0 aromatic rings. The molecule has 21 heavy (non-hydrogen) atoms. The minimum Gasteiger partial charge on any atom is -0.418 e. The average molecular weight is 369 g/mol. The van der Waals surface area contributed by atoms with E-state index in [1.54, 1.807) is 26.2 Å². The first-order valence-corrected chi connectivity index (χ1v) is 18.1. The molecule has 1 saturated carbocycles. The molecule has 1 aliphatic rings. The second-order valence-electron chi connectivity index (χ2n) is 7.15. The van der Waals surface area contributed by atoms with Gasteiger partial charge in [-0.05, 0) is 52.1 Å². The third kappa shape index (κ3) is 7.66. The standard InChI is InChI=1S/C12H32O5Si4/c1-18(15-19(2,3)13)16-21(6,17-20(4,5)14)12-10-8-7-9-11-12/h12-14,18H,7-11H2,1-6H3. The Morgan fingerprint density at radius 3 is 1.81 bits per heavy atom. The molecule has 2 N–H and O–H groups in total. The smallest absolute Gasteiger partial charge is 0.320 e. The third-order valence-corrected chi connectivity index (χ3v) is 16.2. The van der Waals surface area contributed by atoms with Crippen LogP contribution in [-0.4, -0.2) is 44.6 Å². The number of rotatable bonds is 7. The topological polar surface area (TPSA) is 68.2 Å². The highest BCUT2D eigenvalue weighted by molar-refractivity contribution is 6.83. The van der Waals surface area contributed by atoms with Crippen molar-refractivity contribution in [3.05, 3.63) is 0 Å². The molecule has 0 bridgehead atoms.